The molecule has 0 aliphatic rings. The van der Waals surface area contributed by atoms with Gasteiger partial charge in [-0.25, -0.2) is 9.38 Å². The molecular weight excluding hydrogens is 321 g/mol. The van der Waals surface area contributed by atoms with Crippen molar-refractivity contribution in [2.75, 3.05) is 20.8 Å². The lowest BCUT2D eigenvalue weighted by atomic mass is 10.2. The Hall–Kier alpha value is -2.76. The summed E-state index contributed by atoms with van der Waals surface area (Å²) < 4.78 is 23.6. The van der Waals surface area contributed by atoms with Gasteiger partial charge in [0.1, 0.15) is 17.3 Å². The van der Waals surface area contributed by atoms with Gasteiger partial charge in [-0.15, -0.1) is 0 Å². The number of ether oxygens (including phenoxy) is 2. The Bertz CT molecular complexity index is 702. The van der Waals surface area contributed by atoms with Gasteiger partial charge in [0.25, 0.3) is 0 Å². The fraction of sp³-hybridized carbons (Fsp3) is 0.316. The molecule has 2 rings (SSSR count). The van der Waals surface area contributed by atoms with Crippen LogP contribution < -0.4 is 20.1 Å². The number of rotatable bonds is 7. The summed E-state index contributed by atoms with van der Waals surface area (Å²) in [6.07, 6.45) is 0. The maximum absolute atomic E-state index is 13.0. The quantitative estimate of drug-likeness (QED) is 0.598. The van der Waals surface area contributed by atoms with Crippen molar-refractivity contribution in [1.29, 1.82) is 0 Å². The largest absolute Gasteiger partial charge is 0.497 e. The van der Waals surface area contributed by atoms with Gasteiger partial charge >= 0.3 is 0 Å². The van der Waals surface area contributed by atoms with Crippen molar-refractivity contribution in [2.45, 2.75) is 20.0 Å². The number of hydrogen-bond acceptors (Lipinski definition) is 3. The summed E-state index contributed by atoms with van der Waals surface area (Å²) in [5.41, 5.74) is 1.94. The highest BCUT2D eigenvalue weighted by molar-refractivity contribution is 5.79. The Morgan fingerprint density at radius 2 is 1.80 bits per heavy atom. The molecule has 0 unspecified atom stereocenters. The molecule has 0 heterocycles. The van der Waals surface area contributed by atoms with Crippen LogP contribution in [0, 0.1) is 5.82 Å². The number of halogens is 1. The van der Waals surface area contributed by atoms with Crippen LogP contribution in [0.3, 0.4) is 0 Å². The number of aliphatic imine (C=N–C) groups is 1. The standard InChI is InChI=1S/C19H24FN3O2/c1-4-21-19(22-12-14-5-8-16(20)9-6-14)23-13-15-7-10-17(24-2)11-18(15)25-3/h5-11H,4,12-13H2,1-3H3,(H2,21,22,23). The van der Waals surface area contributed by atoms with Crippen molar-refractivity contribution in [3.05, 3.63) is 59.4 Å². The molecule has 2 aromatic carbocycles. The third-order valence-electron chi connectivity index (χ3n) is 3.62. The van der Waals surface area contributed by atoms with Crippen molar-refractivity contribution in [3.8, 4) is 11.5 Å². The first-order valence-corrected chi connectivity index (χ1v) is 8.13. The lowest BCUT2D eigenvalue weighted by Crippen LogP contribution is -2.36. The van der Waals surface area contributed by atoms with Gasteiger partial charge in [0.05, 0.1) is 20.8 Å². The number of methoxy groups -OCH3 is 2. The number of nitrogens with zero attached hydrogens (tertiary/aromatic N) is 1. The molecule has 0 aromatic heterocycles. The van der Waals surface area contributed by atoms with Gasteiger partial charge in [-0.3, -0.25) is 0 Å². The lowest BCUT2D eigenvalue weighted by Gasteiger charge is -2.14. The summed E-state index contributed by atoms with van der Waals surface area (Å²) in [4.78, 5) is 4.52. The molecule has 25 heavy (non-hydrogen) atoms. The Morgan fingerprint density at radius 3 is 2.44 bits per heavy atom. The maximum Gasteiger partial charge on any atom is 0.191 e. The molecule has 0 saturated heterocycles. The van der Waals surface area contributed by atoms with Crippen LogP contribution >= 0.6 is 0 Å². The molecule has 5 nitrogen and oxygen atoms in total. The molecule has 0 spiro atoms. The van der Waals surface area contributed by atoms with E-state index in [1.165, 1.54) is 12.1 Å². The average molecular weight is 345 g/mol. The molecule has 0 aliphatic heterocycles. The van der Waals surface area contributed by atoms with Crippen molar-refractivity contribution in [2.24, 2.45) is 4.99 Å². The van der Waals surface area contributed by atoms with Crippen molar-refractivity contribution < 1.29 is 13.9 Å². The van der Waals surface area contributed by atoms with Crippen molar-refractivity contribution in [3.63, 3.8) is 0 Å². The highest BCUT2D eigenvalue weighted by atomic mass is 19.1. The zero-order chi connectivity index (χ0) is 18.1. The first-order chi connectivity index (χ1) is 12.2. The molecule has 0 atom stereocenters. The Balaban J connectivity index is 2.03. The summed E-state index contributed by atoms with van der Waals surface area (Å²) in [5, 5.41) is 6.47. The highest BCUT2D eigenvalue weighted by Crippen LogP contribution is 2.24. The zero-order valence-corrected chi connectivity index (χ0v) is 14.8. The number of hydrogen-bond donors (Lipinski definition) is 2. The van der Waals surface area contributed by atoms with E-state index in [0.29, 0.717) is 19.0 Å². The zero-order valence-electron chi connectivity index (χ0n) is 14.8. The predicted octanol–water partition coefficient (Wildman–Crippen LogP) is 3.10. The molecule has 134 valence electrons. The molecule has 0 amide bonds. The first-order valence-electron chi connectivity index (χ1n) is 8.13. The van der Waals surface area contributed by atoms with Crippen LogP contribution in [-0.2, 0) is 13.1 Å². The second kappa shape index (κ2) is 9.52. The molecule has 0 radical (unpaired) electrons. The van der Waals surface area contributed by atoms with E-state index in [-0.39, 0.29) is 5.82 Å². The normalized spacial score (nSPS) is 11.1. The van der Waals surface area contributed by atoms with Gasteiger partial charge in [0.2, 0.25) is 0 Å². The van der Waals surface area contributed by atoms with E-state index in [1.54, 1.807) is 26.4 Å². The van der Waals surface area contributed by atoms with Crippen LogP contribution in [0.2, 0.25) is 0 Å². The van der Waals surface area contributed by atoms with Crippen LogP contribution in [-0.4, -0.2) is 26.7 Å². The number of nitrogens with one attached hydrogen (secondary N) is 2. The average Bonchev–Trinajstić information content (AvgIpc) is 2.65. The summed E-state index contributed by atoms with van der Waals surface area (Å²) in [5.74, 6) is 1.94. The van der Waals surface area contributed by atoms with Gasteiger partial charge < -0.3 is 20.1 Å². The number of guanidine groups is 1. The third-order valence-corrected chi connectivity index (χ3v) is 3.62. The van der Waals surface area contributed by atoms with E-state index in [0.717, 1.165) is 29.2 Å². The van der Waals surface area contributed by atoms with E-state index in [2.05, 4.69) is 15.6 Å². The predicted molar refractivity (Wildman–Crippen MR) is 97.6 cm³/mol. The summed E-state index contributed by atoms with van der Waals surface area (Å²) in [7, 11) is 3.25. The van der Waals surface area contributed by atoms with E-state index in [4.69, 9.17) is 9.47 Å². The summed E-state index contributed by atoms with van der Waals surface area (Å²) in [6, 6.07) is 12.0. The van der Waals surface area contributed by atoms with Crippen LogP contribution in [0.1, 0.15) is 18.1 Å². The van der Waals surface area contributed by atoms with Gasteiger partial charge in [-0.2, -0.15) is 0 Å². The van der Waals surface area contributed by atoms with Gasteiger partial charge in [-0.1, -0.05) is 12.1 Å². The van der Waals surface area contributed by atoms with E-state index < -0.39 is 0 Å². The molecule has 0 aliphatic carbocycles. The molecule has 0 bridgehead atoms. The van der Waals surface area contributed by atoms with Crippen LogP contribution in [0.25, 0.3) is 0 Å². The minimum Gasteiger partial charge on any atom is -0.497 e. The molecule has 0 fully saturated rings. The van der Waals surface area contributed by atoms with Gasteiger partial charge in [0, 0.05) is 24.7 Å². The van der Waals surface area contributed by atoms with E-state index in [1.807, 2.05) is 25.1 Å². The monoisotopic (exact) mass is 345 g/mol. The maximum atomic E-state index is 13.0. The van der Waals surface area contributed by atoms with Gasteiger partial charge in [-0.05, 0) is 36.8 Å². The third kappa shape index (κ3) is 5.67. The molecular formula is C19H24FN3O2. The van der Waals surface area contributed by atoms with Crippen LogP contribution in [0.15, 0.2) is 47.5 Å². The SMILES string of the molecule is CCNC(=NCc1ccc(F)cc1)NCc1ccc(OC)cc1OC. The van der Waals surface area contributed by atoms with Crippen LogP contribution in [0.4, 0.5) is 4.39 Å². The summed E-state index contributed by atoms with van der Waals surface area (Å²) in [6.45, 7) is 3.77. The minimum atomic E-state index is -0.246. The molecule has 0 saturated carbocycles. The smallest absolute Gasteiger partial charge is 0.191 e. The fourth-order valence-corrected chi connectivity index (χ4v) is 2.28. The fourth-order valence-electron chi connectivity index (χ4n) is 2.28. The molecule has 2 aromatic rings. The lowest BCUT2D eigenvalue weighted by molar-refractivity contribution is 0.390. The first kappa shape index (κ1) is 18.6. The minimum absolute atomic E-state index is 0.246. The van der Waals surface area contributed by atoms with Gasteiger partial charge in [0.15, 0.2) is 5.96 Å². The van der Waals surface area contributed by atoms with Crippen molar-refractivity contribution in [1.82, 2.24) is 10.6 Å². The Labute approximate surface area is 147 Å². The topological polar surface area (TPSA) is 54.9 Å². The number of benzene rings is 2. The van der Waals surface area contributed by atoms with Crippen LogP contribution in [0.5, 0.6) is 11.5 Å². The summed E-state index contributed by atoms with van der Waals surface area (Å²) >= 11 is 0. The second-order valence-electron chi connectivity index (χ2n) is 5.35. The molecule has 6 heteroatoms. The Morgan fingerprint density at radius 1 is 1.04 bits per heavy atom. The van der Waals surface area contributed by atoms with Crippen molar-refractivity contribution >= 4 is 5.96 Å². The highest BCUT2D eigenvalue weighted by Gasteiger charge is 2.06. The van der Waals surface area contributed by atoms with E-state index >= 15 is 0 Å². The second-order valence-corrected chi connectivity index (χ2v) is 5.35. The van der Waals surface area contributed by atoms with E-state index in [9.17, 15) is 4.39 Å². The Kier molecular flexibility index (Phi) is 7.07. The molecule has 2 N–H and O–H groups in total.